The minimum absolute atomic E-state index is 0.0153. The molecule has 4 heterocycles. The van der Waals surface area contributed by atoms with Crippen LogP contribution in [-0.2, 0) is 19.6 Å². The summed E-state index contributed by atoms with van der Waals surface area (Å²) in [5, 5.41) is 11.3. The van der Waals surface area contributed by atoms with Crippen molar-refractivity contribution in [3.8, 4) is 0 Å². The van der Waals surface area contributed by atoms with Crippen molar-refractivity contribution < 1.29 is 9.21 Å². The molecule has 2 aromatic heterocycles. The van der Waals surface area contributed by atoms with Crippen LogP contribution in [-0.4, -0.2) is 56.3 Å². The molecular weight excluding hydrogens is 296 g/mol. The Bertz CT molecular complexity index is 689. The molecule has 2 amide bonds. The molecule has 0 atom stereocenters. The maximum Gasteiger partial charge on any atom is 0.317 e. The van der Waals surface area contributed by atoms with E-state index < -0.39 is 0 Å². The summed E-state index contributed by atoms with van der Waals surface area (Å²) in [7, 11) is 0. The number of carbonyl (C=O) groups excluding carboxylic acids is 1. The van der Waals surface area contributed by atoms with E-state index in [9.17, 15) is 4.79 Å². The third kappa shape index (κ3) is 2.70. The predicted molar refractivity (Wildman–Crippen MR) is 81.5 cm³/mol. The highest BCUT2D eigenvalue weighted by atomic mass is 16.3. The van der Waals surface area contributed by atoms with Crippen LogP contribution < -0.4 is 5.32 Å². The number of nitrogens with zero attached hydrogens (tertiary/aromatic N) is 5. The molecule has 0 aliphatic carbocycles. The maximum absolute atomic E-state index is 12.1. The van der Waals surface area contributed by atoms with Crippen LogP contribution in [0.25, 0.3) is 0 Å². The normalized spacial score (nSPS) is 18.6. The van der Waals surface area contributed by atoms with Crippen molar-refractivity contribution >= 4 is 6.03 Å². The van der Waals surface area contributed by atoms with Gasteiger partial charge in [-0.15, -0.1) is 10.2 Å². The summed E-state index contributed by atoms with van der Waals surface area (Å²) in [5.41, 5.74) is 0.973. The lowest BCUT2D eigenvalue weighted by Crippen LogP contribution is -2.63. The average molecular weight is 316 g/mol. The van der Waals surface area contributed by atoms with Gasteiger partial charge in [-0.2, -0.15) is 0 Å². The third-order valence-electron chi connectivity index (χ3n) is 4.66. The Morgan fingerprint density at radius 2 is 2.26 bits per heavy atom. The molecule has 2 aliphatic heterocycles. The second-order valence-corrected chi connectivity index (χ2v) is 6.13. The Labute approximate surface area is 134 Å². The van der Waals surface area contributed by atoms with Crippen LogP contribution in [0.1, 0.15) is 17.2 Å². The fraction of sp³-hybridized carbons (Fsp3) is 0.533. The number of likely N-dealkylation sites (tertiary alicyclic amines) is 1. The van der Waals surface area contributed by atoms with Crippen molar-refractivity contribution in [3.63, 3.8) is 0 Å². The molecule has 4 rings (SSSR count). The molecule has 0 aromatic carbocycles. The summed E-state index contributed by atoms with van der Waals surface area (Å²) in [6.07, 6.45) is 3.25. The van der Waals surface area contributed by atoms with E-state index >= 15 is 0 Å². The second-order valence-electron chi connectivity index (χ2n) is 6.13. The van der Waals surface area contributed by atoms with Crippen LogP contribution in [0.5, 0.6) is 0 Å². The van der Waals surface area contributed by atoms with E-state index in [4.69, 9.17) is 4.42 Å². The van der Waals surface area contributed by atoms with E-state index in [1.807, 2.05) is 17.9 Å². The van der Waals surface area contributed by atoms with Gasteiger partial charge in [0.15, 0.2) is 0 Å². The second kappa shape index (κ2) is 5.69. The fourth-order valence-electron chi connectivity index (χ4n) is 3.17. The Hall–Kier alpha value is -2.35. The lowest BCUT2D eigenvalue weighted by molar-refractivity contribution is 0.0388. The molecule has 0 bridgehead atoms. The first-order chi connectivity index (χ1) is 11.2. The lowest BCUT2D eigenvalue weighted by Gasteiger charge is -2.46. The van der Waals surface area contributed by atoms with Crippen molar-refractivity contribution in [2.24, 2.45) is 0 Å². The first kappa shape index (κ1) is 14.3. The van der Waals surface area contributed by atoms with E-state index in [2.05, 4.69) is 25.0 Å². The summed E-state index contributed by atoms with van der Waals surface area (Å²) >= 11 is 0. The number of nitrogens with one attached hydrogen (secondary N) is 1. The molecular formula is C15H20N6O2. The number of aromatic nitrogens is 3. The van der Waals surface area contributed by atoms with Gasteiger partial charge in [-0.3, -0.25) is 4.90 Å². The molecule has 8 nitrogen and oxygen atoms in total. The Morgan fingerprint density at radius 1 is 1.39 bits per heavy atom. The van der Waals surface area contributed by atoms with E-state index in [0.717, 1.165) is 49.9 Å². The summed E-state index contributed by atoms with van der Waals surface area (Å²) in [5.74, 6) is 2.00. The fourth-order valence-corrected chi connectivity index (χ4v) is 3.17. The van der Waals surface area contributed by atoms with Gasteiger partial charge in [-0.25, -0.2) is 4.79 Å². The Balaban J connectivity index is 1.26. The number of furan rings is 1. The van der Waals surface area contributed by atoms with E-state index in [-0.39, 0.29) is 6.03 Å². The van der Waals surface area contributed by atoms with Crippen molar-refractivity contribution in [3.05, 3.63) is 35.8 Å². The van der Waals surface area contributed by atoms with Gasteiger partial charge in [0.05, 0.1) is 19.1 Å². The van der Waals surface area contributed by atoms with Crippen molar-refractivity contribution in [2.75, 3.05) is 19.6 Å². The van der Waals surface area contributed by atoms with Crippen molar-refractivity contribution in [2.45, 2.75) is 32.6 Å². The molecule has 2 aliphatic rings. The van der Waals surface area contributed by atoms with Gasteiger partial charge >= 0.3 is 6.03 Å². The summed E-state index contributed by atoms with van der Waals surface area (Å²) < 4.78 is 7.16. The zero-order chi connectivity index (χ0) is 15.8. The van der Waals surface area contributed by atoms with Crippen LogP contribution in [0.4, 0.5) is 4.79 Å². The topological polar surface area (TPSA) is 79.4 Å². The van der Waals surface area contributed by atoms with Crippen LogP contribution in [0.15, 0.2) is 23.0 Å². The maximum atomic E-state index is 12.1. The number of hydrogen-bond acceptors (Lipinski definition) is 5. The van der Waals surface area contributed by atoms with E-state index in [1.54, 1.807) is 12.5 Å². The van der Waals surface area contributed by atoms with Crippen LogP contribution in [0, 0.1) is 6.92 Å². The van der Waals surface area contributed by atoms with Gasteiger partial charge in [-0.05, 0) is 13.0 Å². The molecule has 122 valence electrons. The largest absolute Gasteiger partial charge is 0.472 e. The Kier molecular flexibility index (Phi) is 3.53. The molecule has 0 unspecified atom stereocenters. The molecule has 1 N–H and O–H groups in total. The standard InChI is InChI=1S/C15H20N6O2/c1-11-17-18-14-9-19(3-4-21(11)14)13-7-20(8-13)15(22)16-6-12-2-5-23-10-12/h2,5,10,13H,3-4,6-9H2,1H3,(H,16,22). The number of urea groups is 1. The van der Waals surface area contributed by atoms with Gasteiger partial charge in [0.2, 0.25) is 0 Å². The highest BCUT2D eigenvalue weighted by molar-refractivity contribution is 5.75. The highest BCUT2D eigenvalue weighted by Gasteiger charge is 2.36. The third-order valence-corrected chi connectivity index (χ3v) is 4.66. The number of carbonyl (C=O) groups is 1. The lowest BCUT2D eigenvalue weighted by atomic mass is 10.1. The predicted octanol–water partition coefficient (Wildman–Crippen LogP) is 0.589. The molecule has 23 heavy (non-hydrogen) atoms. The molecule has 1 saturated heterocycles. The van der Waals surface area contributed by atoms with Crippen LogP contribution in [0.2, 0.25) is 0 Å². The molecule has 8 heteroatoms. The summed E-state index contributed by atoms with van der Waals surface area (Å²) in [4.78, 5) is 16.3. The van der Waals surface area contributed by atoms with Gasteiger partial charge < -0.3 is 19.2 Å². The smallest absolute Gasteiger partial charge is 0.317 e. The molecule has 2 aromatic rings. The minimum atomic E-state index is -0.0153. The Morgan fingerprint density at radius 3 is 3.04 bits per heavy atom. The average Bonchev–Trinajstić information content (AvgIpc) is 3.14. The van der Waals surface area contributed by atoms with Gasteiger partial charge in [0, 0.05) is 44.3 Å². The summed E-state index contributed by atoms with van der Waals surface area (Å²) in [6.45, 7) is 6.76. The quantitative estimate of drug-likeness (QED) is 0.896. The number of rotatable bonds is 3. The summed E-state index contributed by atoms with van der Waals surface area (Å²) in [6, 6.07) is 2.25. The van der Waals surface area contributed by atoms with E-state index in [1.165, 1.54) is 0 Å². The zero-order valence-electron chi connectivity index (χ0n) is 13.1. The van der Waals surface area contributed by atoms with Gasteiger partial charge in [0.1, 0.15) is 11.6 Å². The molecule has 0 spiro atoms. The van der Waals surface area contributed by atoms with E-state index in [0.29, 0.717) is 12.6 Å². The molecule has 1 fully saturated rings. The van der Waals surface area contributed by atoms with Crippen LogP contribution >= 0.6 is 0 Å². The highest BCUT2D eigenvalue weighted by Crippen LogP contribution is 2.21. The SMILES string of the molecule is Cc1nnc2n1CCN(C1CN(C(=O)NCc3ccoc3)C1)C2. The van der Waals surface area contributed by atoms with Crippen molar-refractivity contribution in [1.82, 2.24) is 29.9 Å². The zero-order valence-corrected chi connectivity index (χ0v) is 13.1. The molecule has 0 saturated carbocycles. The number of fused-ring (bicyclic) bond motifs is 1. The monoisotopic (exact) mass is 316 g/mol. The minimum Gasteiger partial charge on any atom is -0.472 e. The number of hydrogen-bond donors (Lipinski definition) is 1. The van der Waals surface area contributed by atoms with Gasteiger partial charge in [-0.1, -0.05) is 0 Å². The van der Waals surface area contributed by atoms with Gasteiger partial charge in [0.25, 0.3) is 0 Å². The first-order valence-electron chi connectivity index (χ1n) is 7.87. The molecule has 0 radical (unpaired) electrons. The first-order valence-corrected chi connectivity index (χ1v) is 7.87. The number of aryl methyl sites for hydroxylation is 1. The number of amides is 2. The van der Waals surface area contributed by atoms with Crippen LogP contribution in [0.3, 0.4) is 0 Å². The van der Waals surface area contributed by atoms with Crippen molar-refractivity contribution in [1.29, 1.82) is 0 Å².